The topological polar surface area (TPSA) is 23.8 Å². The predicted molar refractivity (Wildman–Crippen MR) is 64.9 cm³/mol. The van der Waals surface area contributed by atoms with Gasteiger partial charge < -0.3 is 0 Å². The summed E-state index contributed by atoms with van der Waals surface area (Å²) in [5.74, 6) is 0.861. The number of hydrogen-bond donors (Lipinski definition) is 0. The van der Waals surface area contributed by atoms with Crippen LogP contribution < -0.4 is 0 Å². The van der Waals surface area contributed by atoms with Crippen LogP contribution in [0.1, 0.15) is 24.0 Å². The highest BCUT2D eigenvalue weighted by Gasteiger charge is 2.35. The number of nitrogens with zero attached hydrogens (tertiary/aromatic N) is 1. The Bertz CT molecular complexity index is 430. The molecule has 0 N–H and O–H groups in total. The summed E-state index contributed by atoms with van der Waals surface area (Å²) < 4.78 is 12.7. The minimum atomic E-state index is -0.275. The summed E-state index contributed by atoms with van der Waals surface area (Å²) in [5, 5.41) is 9.28. The molecule has 3 heteroatoms. The lowest BCUT2D eigenvalue weighted by molar-refractivity contribution is 0.622. The van der Waals surface area contributed by atoms with Crippen LogP contribution in [0.5, 0.6) is 0 Å². The molecule has 84 valence electrons. The molecule has 0 amide bonds. The van der Waals surface area contributed by atoms with Crippen LogP contribution >= 0.6 is 11.8 Å². The second-order valence-electron chi connectivity index (χ2n) is 4.31. The van der Waals surface area contributed by atoms with Gasteiger partial charge in [-0.3, -0.25) is 0 Å². The molecular weight excluding hydrogens is 221 g/mol. The first-order valence-corrected chi connectivity index (χ1v) is 6.44. The average Bonchev–Trinajstić information content (AvgIpc) is 2.72. The first-order valence-electron chi connectivity index (χ1n) is 5.45. The number of aryl methyl sites for hydroxylation is 1. The van der Waals surface area contributed by atoms with E-state index in [-0.39, 0.29) is 10.6 Å². The van der Waals surface area contributed by atoms with E-state index in [4.69, 9.17) is 0 Å². The maximum atomic E-state index is 13.0. The zero-order valence-electron chi connectivity index (χ0n) is 9.29. The van der Waals surface area contributed by atoms with Crippen molar-refractivity contribution in [2.75, 3.05) is 5.75 Å². The summed E-state index contributed by atoms with van der Waals surface area (Å²) in [4.78, 5) is 0. The number of nitriles is 1. The quantitative estimate of drug-likeness (QED) is 0.783. The molecule has 0 aliphatic carbocycles. The molecule has 1 aromatic carbocycles. The third-order valence-corrected chi connectivity index (χ3v) is 4.57. The number of thioether (sulfide) groups is 1. The van der Waals surface area contributed by atoms with Gasteiger partial charge in [-0.05, 0) is 48.8 Å². The number of hydrogen-bond acceptors (Lipinski definition) is 2. The third-order valence-electron chi connectivity index (χ3n) is 3.09. The Morgan fingerprint density at radius 2 is 2.38 bits per heavy atom. The first-order chi connectivity index (χ1) is 7.65. The minimum absolute atomic E-state index is 0.202. The van der Waals surface area contributed by atoms with Crippen LogP contribution in [-0.4, -0.2) is 10.5 Å². The van der Waals surface area contributed by atoms with Crippen molar-refractivity contribution in [3.63, 3.8) is 0 Å². The molecule has 1 aromatic rings. The van der Waals surface area contributed by atoms with Crippen molar-refractivity contribution in [3.05, 3.63) is 35.1 Å². The molecular formula is C13H14FNS. The van der Waals surface area contributed by atoms with Crippen molar-refractivity contribution in [3.8, 4) is 6.07 Å². The summed E-state index contributed by atoms with van der Waals surface area (Å²) >= 11 is 1.74. The largest absolute Gasteiger partial charge is 0.207 e. The van der Waals surface area contributed by atoms with Crippen LogP contribution in [0.3, 0.4) is 0 Å². The molecule has 1 saturated heterocycles. The fourth-order valence-corrected chi connectivity index (χ4v) is 3.42. The highest BCUT2D eigenvalue weighted by atomic mass is 32.2. The molecule has 2 rings (SSSR count). The molecule has 0 saturated carbocycles. The first kappa shape index (κ1) is 11.5. The Balaban J connectivity index is 2.23. The molecule has 1 unspecified atom stereocenters. The maximum Gasteiger partial charge on any atom is 0.123 e. The van der Waals surface area contributed by atoms with Crippen LogP contribution in [-0.2, 0) is 6.42 Å². The van der Waals surface area contributed by atoms with Gasteiger partial charge in [0.05, 0.1) is 6.07 Å². The van der Waals surface area contributed by atoms with Crippen molar-refractivity contribution in [1.29, 1.82) is 5.26 Å². The zero-order valence-corrected chi connectivity index (χ0v) is 10.1. The second kappa shape index (κ2) is 4.47. The van der Waals surface area contributed by atoms with E-state index < -0.39 is 0 Å². The fraction of sp³-hybridized carbons (Fsp3) is 0.462. The van der Waals surface area contributed by atoms with Crippen molar-refractivity contribution >= 4 is 11.8 Å². The third kappa shape index (κ3) is 2.22. The molecule has 1 fully saturated rings. The lowest BCUT2D eigenvalue weighted by Gasteiger charge is -2.20. The van der Waals surface area contributed by atoms with E-state index in [0.717, 1.165) is 36.1 Å². The Labute approximate surface area is 99.7 Å². The summed E-state index contributed by atoms with van der Waals surface area (Å²) in [5.41, 5.74) is 2.04. The summed E-state index contributed by atoms with van der Waals surface area (Å²) in [6.45, 7) is 1.91. The van der Waals surface area contributed by atoms with E-state index in [1.54, 1.807) is 17.8 Å². The van der Waals surface area contributed by atoms with Gasteiger partial charge in [0.2, 0.25) is 0 Å². The van der Waals surface area contributed by atoms with Crippen LogP contribution in [0.25, 0.3) is 0 Å². The fourth-order valence-electron chi connectivity index (χ4n) is 2.13. The van der Waals surface area contributed by atoms with Crippen molar-refractivity contribution in [2.45, 2.75) is 30.9 Å². The van der Waals surface area contributed by atoms with Crippen molar-refractivity contribution < 1.29 is 4.39 Å². The van der Waals surface area contributed by atoms with E-state index in [9.17, 15) is 9.65 Å². The zero-order chi connectivity index (χ0) is 11.6. The van der Waals surface area contributed by atoms with Gasteiger partial charge >= 0.3 is 0 Å². The normalized spacial score (nSPS) is 24.3. The van der Waals surface area contributed by atoms with Crippen LogP contribution in [0.2, 0.25) is 0 Å². The number of rotatable bonds is 2. The molecule has 1 nitrogen and oxygen atoms in total. The lowest BCUT2D eigenvalue weighted by atomic mass is 9.93. The molecule has 0 aromatic heterocycles. The molecule has 1 atom stereocenters. The minimum Gasteiger partial charge on any atom is -0.207 e. The highest BCUT2D eigenvalue weighted by Crippen LogP contribution is 2.40. The van der Waals surface area contributed by atoms with Gasteiger partial charge in [-0.1, -0.05) is 6.07 Å². The van der Waals surface area contributed by atoms with Gasteiger partial charge in [-0.2, -0.15) is 5.26 Å². The van der Waals surface area contributed by atoms with E-state index in [1.807, 2.05) is 13.0 Å². The molecule has 1 heterocycles. The Kier molecular flexibility index (Phi) is 3.20. The highest BCUT2D eigenvalue weighted by molar-refractivity contribution is 8.01. The predicted octanol–water partition coefficient (Wildman–Crippen LogP) is 3.47. The Hall–Kier alpha value is -1.01. The molecule has 0 spiro atoms. The van der Waals surface area contributed by atoms with Crippen LogP contribution in [0.4, 0.5) is 4.39 Å². The molecule has 16 heavy (non-hydrogen) atoms. The van der Waals surface area contributed by atoms with E-state index in [2.05, 4.69) is 6.07 Å². The van der Waals surface area contributed by atoms with Gasteiger partial charge in [-0.25, -0.2) is 4.39 Å². The van der Waals surface area contributed by atoms with Gasteiger partial charge in [0, 0.05) is 6.42 Å². The smallest absolute Gasteiger partial charge is 0.123 e. The van der Waals surface area contributed by atoms with Gasteiger partial charge in [0.1, 0.15) is 10.6 Å². The van der Waals surface area contributed by atoms with Gasteiger partial charge in [0.15, 0.2) is 0 Å². The van der Waals surface area contributed by atoms with E-state index in [0.29, 0.717) is 0 Å². The van der Waals surface area contributed by atoms with Crippen molar-refractivity contribution in [2.24, 2.45) is 0 Å². The van der Waals surface area contributed by atoms with Gasteiger partial charge in [0.25, 0.3) is 0 Å². The van der Waals surface area contributed by atoms with Crippen LogP contribution in [0.15, 0.2) is 18.2 Å². The van der Waals surface area contributed by atoms with Crippen LogP contribution in [0, 0.1) is 24.1 Å². The maximum absolute atomic E-state index is 13.0. The molecule has 0 radical (unpaired) electrons. The lowest BCUT2D eigenvalue weighted by Crippen LogP contribution is -2.22. The Morgan fingerprint density at radius 3 is 2.94 bits per heavy atom. The van der Waals surface area contributed by atoms with E-state index >= 15 is 0 Å². The summed E-state index contributed by atoms with van der Waals surface area (Å²) in [6.07, 6.45) is 2.80. The summed E-state index contributed by atoms with van der Waals surface area (Å²) in [6, 6.07) is 7.27. The molecule has 0 bridgehead atoms. The Morgan fingerprint density at radius 1 is 1.56 bits per heavy atom. The van der Waals surface area contributed by atoms with E-state index in [1.165, 1.54) is 6.07 Å². The monoisotopic (exact) mass is 235 g/mol. The van der Waals surface area contributed by atoms with Crippen molar-refractivity contribution in [1.82, 2.24) is 0 Å². The number of benzene rings is 1. The average molecular weight is 235 g/mol. The summed E-state index contributed by atoms with van der Waals surface area (Å²) in [7, 11) is 0. The van der Waals surface area contributed by atoms with Gasteiger partial charge in [-0.15, -0.1) is 11.8 Å². The standard InChI is InChI=1S/C13H14FNS/c1-10-7-12(14)4-3-11(10)8-13(9-15)5-2-6-16-13/h3-4,7H,2,5-6,8H2,1H3. The SMILES string of the molecule is Cc1cc(F)ccc1CC1(C#N)CCCS1. The second-order valence-corrected chi connectivity index (χ2v) is 5.78. The molecule has 1 aliphatic rings. The molecule has 1 aliphatic heterocycles. The number of halogens is 1.